The highest BCUT2D eigenvalue weighted by atomic mass is 35.5. The molecule has 0 atom stereocenters. The Balaban J connectivity index is 1.36. The topological polar surface area (TPSA) is 109 Å². The number of nitrogens with zero attached hydrogens (tertiary/aromatic N) is 4. The maximum absolute atomic E-state index is 12.5. The number of likely N-dealkylation sites (N-methyl/N-ethyl adjacent to an activating group) is 1. The third kappa shape index (κ3) is 6.55. The van der Waals surface area contributed by atoms with Crippen molar-refractivity contribution in [3.8, 4) is 0 Å². The molecule has 1 amide bonds. The third-order valence-electron chi connectivity index (χ3n) is 5.51. The number of amidine groups is 1. The van der Waals surface area contributed by atoms with Crippen molar-refractivity contribution in [2.75, 3.05) is 39.1 Å². The summed E-state index contributed by atoms with van der Waals surface area (Å²) in [5.74, 6) is 0.724. The second kappa shape index (κ2) is 11.1. The lowest BCUT2D eigenvalue weighted by molar-refractivity contribution is -0.129. The van der Waals surface area contributed by atoms with Gasteiger partial charge in [0.05, 0.1) is 12.2 Å². The van der Waals surface area contributed by atoms with E-state index in [9.17, 15) is 13.2 Å². The molecular weight excluding hydrogens is 464 g/mol. The number of nitrogens with one attached hydrogen (secondary N) is 2. The summed E-state index contributed by atoms with van der Waals surface area (Å²) in [5, 5.41) is 10.3. The molecule has 2 aromatic rings. The van der Waals surface area contributed by atoms with Crippen molar-refractivity contribution >= 4 is 33.2 Å². The van der Waals surface area contributed by atoms with Gasteiger partial charge < -0.3 is 15.5 Å². The Morgan fingerprint density at radius 3 is 2.64 bits per heavy atom. The molecule has 0 saturated heterocycles. The fraction of sp³-hybridized carbons (Fsp3) is 0.500. The van der Waals surface area contributed by atoms with Crippen LogP contribution in [0.4, 0.5) is 0 Å². The van der Waals surface area contributed by atoms with Crippen LogP contribution in [0.3, 0.4) is 0 Å². The van der Waals surface area contributed by atoms with Crippen LogP contribution in [-0.2, 0) is 28.1 Å². The van der Waals surface area contributed by atoms with Crippen LogP contribution in [0.5, 0.6) is 0 Å². The van der Waals surface area contributed by atoms with E-state index in [1.165, 1.54) is 4.68 Å². The monoisotopic (exact) mass is 494 g/mol. The van der Waals surface area contributed by atoms with Crippen molar-refractivity contribution in [1.82, 2.24) is 25.3 Å². The molecular formula is C22H31ClN6O3S. The van der Waals surface area contributed by atoms with Crippen molar-refractivity contribution in [3.63, 3.8) is 0 Å². The van der Waals surface area contributed by atoms with E-state index in [0.717, 1.165) is 36.5 Å². The van der Waals surface area contributed by atoms with Crippen LogP contribution in [0.2, 0.25) is 5.15 Å². The van der Waals surface area contributed by atoms with Gasteiger partial charge >= 0.3 is 0 Å². The molecule has 2 heterocycles. The number of carbonyl (C=O) groups excluding carboxylic acids is 1. The minimum atomic E-state index is -3.60. The number of sulfone groups is 1. The van der Waals surface area contributed by atoms with Gasteiger partial charge in [-0.2, -0.15) is 5.10 Å². The smallest absolute Gasteiger partial charge is 0.222 e. The molecule has 0 unspecified atom stereocenters. The van der Waals surface area contributed by atoms with Crippen LogP contribution >= 0.6 is 11.6 Å². The van der Waals surface area contributed by atoms with Crippen molar-refractivity contribution in [3.05, 3.63) is 46.2 Å². The largest absolute Gasteiger partial charge is 0.368 e. The summed E-state index contributed by atoms with van der Waals surface area (Å²) in [6.07, 6.45) is 1.66. The predicted octanol–water partition coefficient (Wildman–Crippen LogP) is 1.53. The fourth-order valence-corrected chi connectivity index (χ4v) is 5.60. The van der Waals surface area contributed by atoms with Crippen LogP contribution < -0.4 is 10.6 Å². The highest BCUT2D eigenvalue weighted by Gasteiger charge is 2.24. The van der Waals surface area contributed by atoms with Gasteiger partial charge in [-0.05, 0) is 31.9 Å². The lowest BCUT2D eigenvalue weighted by Crippen LogP contribution is -2.30. The van der Waals surface area contributed by atoms with Gasteiger partial charge in [0.2, 0.25) is 5.91 Å². The maximum Gasteiger partial charge on any atom is 0.222 e. The Morgan fingerprint density at radius 1 is 1.30 bits per heavy atom. The Hall–Kier alpha value is -2.43. The molecule has 0 spiro atoms. The minimum absolute atomic E-state index is 0.0342. The molecule has 33 heavy (non-hydrogen) atoms. The van der Waals surface area contributed by atoms with Gasteiger partial charge in [0, 0.05) is 39.2 Å². The Labute approximate surface area is 200 Å². The number of rotatable bonds is 11. The lowest BCUT2D eigenvalue weighted by atomic mass is 10.1. The van der Waals surface area contributed by atoms with Crippen molar-refractivity contribution in [2.24, 2.45) is 12.0 Å². The highest BCUT2D eigenvalue weighted by molar-refractivity contribution is 7.91. The first-order chi connectivity index (χ1) is 15.7. The lowest BCUT2D eigenvalue weighted by Gasteiger charge is -2.17. The van der Waals surface area contributed by atoms with Crippen LogP contribution in [0.1, 0.15) is 29.7 Å². The maximum atomic E-state index is 12.5. The molecule has 0 radical (unpaired) electrons. The molecule has 2 N–H and O–H groups in total. The normalized spacial score (nSPS) is 13.6. The summed E-state index contributed by atoms with van der Waals surface area (Å²) in [5.41, 5.74) is 2.61. The highest BCUT2D eigenvalue weighted by Crippen LogP contribution is 2.24. The van der Waals surface area contributed by atoms with Crippen LogP contribution in [0.15, 0.2) is 34.2 Å². The second-order valence-electron chi connectivity index (χ2n) is 8.11. The molecule has 1 aromatic heterocycles. The predicted molar refractivity (Wildman–Crippen MR) is 129 cm³/mol. The van der Waals surface area contributed by atoms with Gasteiger partial charge in [-0.25, -0.2) is 8.42 Å². The molecule has 1 aromatic carbocycles. The minimum Gasteiger partial charge on any atom is -0.368 e. The van der Waals surface area contributed by atoms with Gasteiger partial charge in [-0.1, -0.05) is 35.9 Å². The van der Waals surface area contributed by atoms with Gasteiger partial charge in [0.25, 0.3) is 0 Å². The first kappa shape index (κ1) is 25.2. The van der Waals surface area contributed by atoms with E-state index in [0.29, 0.717) is 31.6 Å². The molecule has 1 aliphatic rings. The Bertz CT molecular complexity index is 1110. The summed E-state index contributed by atoms with van der Waals surface area (Å²) in [6.45, 7) is 4.35. The van der Waals surface area contributed by atoms with Crippen LogP contribution in [0.25, 0.3) is 0 Å². The zero-order chi connectivity index (χ0) is 24.0. The third-order valence-corrected chi connectivity index (χ3v) is 7.75. The molecule has 0 saturated carbocycles. The molecule has 180 valence electrons. The van der Waals surface area contributed by atoms with Gasteiger partial charge in [0.1, 0.15) is 21.8 Å². The van der Waals surface area contributed by atoms with Crippen LogP contribution in [0, 0.1) is 6.92 Å². The summed E-state index contributed by atoms with van der Waals surface area (Å²) in [7, 11) is -0.209. The number of aryl methyl sites for hydroxylation is 2. The number of hydrogen-bond donors (Lipinski definition) is 2. The molecule has 1 aliphatic heterocycles. The summed E-state index contributed by atoms with van der Waals surface area (Å²) >= 11 is 6.06. The van der Waals surface area contributed by atoms with Crippen molar-refractivity contribution in [1.29, 1.82) is 0 Å². The molecule has 3 rings (SSSR count). The SMILES string of the molecule is Cc1nn(C)c(Cl)c1S(=O)(=O)CNCCCC(=O)N(C)CCc1ccc(C2=NCCN2)cc1. The van der Waals surface area contributed by atoms with E-state index in [1.807, 2.05) is 12.1 Å². The van der Waals surface area contributed by atoms with E-state index in [1.54, 1.807) is 25.9 Å². The average molecular weight is 495 g/mol. The van der Waals surface area contributed by atoms with E-state index in [-0.39, 0.29) is 21.8 Å². The fourth-order valence-electron chi connectivity index (χ4n) is 3.64. The number of aromatic nitrogens is 2. The molecule has 0 bridgehead atoms. The number of aliphatic imine (C=N–C) groups is 1. The number of hydrogen-bond acceptors (Lipinski definition) is 7. The Morgan fingerprint density at radius 2 is 2.03 bits per heavy atom. The zero-order valence-electron chi connectivity index (χ0n) is 19.3. The van der Waals surface area contributed by atoms with E-state index in [2.05, 4.69) is 32.9 Å². The summed E-state index contributed by atoms with van der Waals surface area (Å²) in [4.78, 5) is 18.6. The van der Waals surface area contributed by atoms with Crippen molar-refractivity contribution in [2.45, 2.75) is 31.1 Å². The molecule has 9 nitrogen and oxygen atoms in total. The standard InChI is InChI=1S/C22H31ClN6O3S/c1-16-20(21(23)29(3)27-16)33(31,32)15-24-11-4-5-19(30)28(2)14-10-17-6-8-18(9-7-17)22-25-12-13-26-22/h6-9,24H,4-5,10-15H2,1-3H3,(H,25,26). The van der Waals surface area contributed by atoms with Crippen LogP contribution in [-0.4, -0.2) is 73.9 Å². The van der Waals surface area contributed by atoms with Gasteiger partial charge in [0.15, 0.2) is 9.84 Å². The average Bonchev–Trinajstić information content (AvgIpc) is 3.40. The Kier molecular flexibility index (Phi) is 8.50. The number of carbonyl (C=O) groups is 1. The van der Waals surface area contributed by atoms with Gasteiger partial charge in [-0.3, -0.25) is 14.5 Å². The molecule has 0 fully saturated rings. The number of amides is 1. The second-order valence-corrected chi connectivity index (χ2v) is 10.4. The quantitative estimate of drug-likeness (QED) is 0.459. The van der Waals surface area contributed by atoms with E-state index >= 15 is 0 Å². The molecule has 0 aliphatic carbocycles. The summed E-state index contributed by atoms with van der Waals surface area (Å²) < 4.78 is 26.4. The number of halogens is 1. The molecule has 11 heteroatoms. The summed E-state index contributed by atoms with van der Waals surface area (Å²) in [6, 6.07) is 8.23. The van der Waals surface area contributed by atoms with Crippen molar-refractivity contribution < 1.29 is 13.2 Å². The zero-order valence-corrected chi connectivity index (χ0v) is 20.8. The first-order valence-corrected chi connectivity index (χ1v) is 13.0. The van der Waals surface area contributed by atoms with Gasteiger partial charge in [-0.15, -0.1) is 0 Å². The van der Waals surface area contributed by atoms with E-state index in [4.69, 9.17) is 11.6 Å². The first-order valence-electron chi connectivity index (χ1n) is 10.9. The number of benzene rings is 1. The van der Waals surface area contributed by atoms with E-state index < -0.39 is 9.84 Å².